The highest BCUT2D eigenvalue weighted by Gasteiger charge is 2.43. The Hall–Kier alpha value is -4.08. The van der Waals surface area contributed by atoms with Gasteiger partial charge >= 0.3 is 0 Å². The number of rotatable bonds is 16. The van der Waals surface area contributed by atoms with Gasteiger partial charge in [0.1, 0.15) is 22.8 Å². The number of amides is 2. The molecule has 46 heavy (non-hydrogen) atoms. The van der Waals surface area contributed by atoms with Gasteiger partial charge in [-0.25, -0.2) is 0 Å². The number of hydrogen-bond donors (Lipinski definition) is 2. The molecular weight excluding hydrogens is 584 g/mol. The van der Waals surface area contributed by atoms with Crippen molar-refractivity contribution < 1.29 is 33.6 Å². The topological polar surface area (TPSA) is 107 Å². The number of aliphatic hydroxyl groups is 1. The maximum atomic E-state index is 13.0. The zero-order valence-electron chi connectivity index (χ0n) is 27.6. The second-order valence-corrected chi connectivity index (χ2v) is 12.0. The summed E-state index contributed by atoms with van der Waals surface area (Å²) in [6.45, 7) is 3.50. The molecule has 0 aliphatic carbocycles. The molecule has 3 aromatic carbocycles. The van der Waals surface area contributed by atoms with E-state index in [-0.39, 0.29) is 25.0 Å². The minimum absolute atomic E-state index is 0.0324. The van der Waals surface area contributed by atoms with Crippen LogP contribution in [0.4, 0.5) is 0 Å². The monoisotopic (exact) mass is 632 g/mol. The van der Waals surface area contributed by atoms with E-state index in [1.807, 2.05) is 77.7 Å². The molecule has 9 nitrogen and oxygen atoms in total. The van der Waals surface area contributed by atoms with Crippen molar-refractivity contribution in [2.24, 2.45) is 5.41 Å². The molecule has 1 aliphatic rings. The average molecular weight is 633 g/mol. The molecule has 0 saturated carbocycles. The highest BCUT2D eigenvalue weighted by atomic mass is 16.5. The summed E-state index contributed by atoms with van der Waals surface area (Å²) in [4.78, 5) is 26.0. The Labute approximate surface area is 272 Å². The van der Waals surface area contributed by atoms with E-state index in [4.69, 9.17) is 18.9 Å². The van der Waals surface area contributed by atoms with Crippen molar-refractivity contribution in [2.75, 3.05) is 54.2 Å². The minimum atomic E-state index is -1.03. The SMILES string of the molecule is COc1ccc(C(OCC2(CO)CCN(C(=O)CCCCCNC(C)=O)CC2)(c2ccc(OC)cc2)c2ccc(OC)cc2)cc1. The van der Waals surface area contributed by atoms with E-state index in [0.29, 0.717) is 38.9 Å². The first-order valence-corrected chi connectivity index (χ1v) is 16.0. The van der Waals surface area contributed by atoms with Crippen LogP contribution in [0.1, 0.15) is 62.1 Å². The van der Waals surface area contributed by atoms with Crippen LogP contribution in [0.3, 0.4) is 0 Å². The molecule has 0 bridgehead atoms. The zero-order valence-corrected chi connectivity index (χ0v) is 27.6. The number of unbranched alkanes of at least 4 members (excludes halogenated alkanes) is 2. The second kappa shape index (κ2) is 16.5. The molecule has 1 saturated heterocycles. The first-order chi connectivity index (χ1) is 22.3. The molecular formula is C37H48N2O7. The smallest absolute Gasteiger partial charge is 0.222 e. The van der Waals surface area contributed by atoms with Gasteiger partial charge in [-0.15, -0.1) is 0 Å². The molecule has 2 N–H and O–H groups in total. The van der Waals surface area contributed by atoms with E-state index in [2.05, 4.69) is 5.32 Å². The largest absolute Gasteiger partial charge is 0.497 e. The Morgan fingerprint density at radius 1 is 0.761 bits per heavy atom. The minimum Gasteiger partial charge on any atom is -0.497 e. The van der Waals surface area contributed by atoms with Crippen LogP contribution in [-0.4, -0.2) is 76.0 Å². The lowest BCUT2D eigenvalue weighted by Gasteiger charge is -2.44. The van der Waals surface area contributed by atoms with Crippen LogP contribution in [0.25, 0.3) is 0 Å². The maximum Gasteiger partial charge on any atom is 0.222 e. The highest BCUT2D eigenvalue weighted by Crippen LogP contribution is 2.44. The van der Waals surface area contributed by atoms with Crippen LogP contribution in [0.15, 0.2) is 72.8 Å². The normalized spacial score (nSPS) is 14.4. The molecule has 0 spiro atoms. The summed E-state index contributed by atoms with van der Waals surface area (Å²) in [5, 5.41) is 13.6. The lowest BCUT2D eigenvalue weighted by Crippen LogP contribution is -2.48. The maximum absolute atomic E-state index is 13.0. The Morgan fingerprint density at radius 2 is 1.22 bits per heavy atom. The number of piperidine rings is 1. The van der Waals surface area contributed by atoms with Crippen LogP contribution in [-0.2, 0) is 19.9 Å². The van der Waals surface area contributed by atoms with Crippen LogP contribution in [0.5, 0.6) is 17.2 Å². The number of nitrogens with one attached hydrogen (secondary N) is 1. The van der Waals surface area contributed by atoms with Gasteiger partial charge in [0.2, 0.25) is 11.8 Å². The number of carbonyl (C=O) groups excluding carboxylic acids is 2. The molecule has 0 radical (unpaired) electrons. The molecule has 0 atom stereocenters. The Morgan fingerprint density at radius 3 is 1.61 bits per heavy atom. The van der Waals surface area contributed by atoms with Crippen molar-refractivity contribution in [3.63, 3.8) is 0 Å². The van der Waals surface area contributed by atoms with E-state index >= 15 is 0 Å². The fraction of sp³-hybridized carbons (Fsp3) is 0.459. The first kappa shape index (κ1) is 34.8. The van der Waals surface area contributed by atoms with Gasteiger partial charge in [0.05, 0.1) is 34.5 Å². The fourth-order valence-electron chi connectivity index (χ4n) is 6.07. The summed E-state index contributed by atoms with van der Waals surface area (Å²) < 4.78 is 23.5. The third-order valence-electron chi connectivity index (χ3n) is 9.04. The van der Waals surface area contributed by atoms with E-state index < -0.39 is 11.0 Å². The Kier molecular flexibility index (Phi) is 12.5. The molecule has 2 amide bonds. The number of aliphatic hydroxyl groups excluding tert-OH is 1. The van der Waals surface area contributed by atoms with Crippen molar-refractivity contribution in [1.29, 1.82) is 0 Å². The van der Waals surface area contributed by atoms with Gasteiger partial charge in [-0.2, -0.15) is 0 Å². The highest BCUT2D eigenvalue weighted by molar-refractivity contribution is 5.76. The van der Waals surface area contributed by atoms with E-state index in [1.54, 1.807) is 21.3 Å². The third kappa shape index (κ3) is 8.39. The van der Waals surface area contributed by atoms with Gasteiger partial charge in [-0.1, -0.05) is 42.8 Å². The lowest BCUT2D eigenvalue weighted by molar-refractivity contribution is -0.137. The van der Waals surface area contributed by atoms with Crippen molar-refractivity contribution in [1.82, 2.24) is 10.2 Å². The lowest BCUT2D eigenvalue weighted by atomic mass is 9.77. The zero-order chi connectivity index (χ0) is 33.0. The number of likely N-dealkylation sites (tertiary alicyclic amines) is 1. The molecule has 9 heteroatoms. The Balaban J connectivity index is 1.58. The van der Waals surface area contributed by atoms with Gasteiger partial charge in [0, 0.05) is 38.4 Å². The van der Waals surface area contributed by atoms with Gasteiger partial charge in [0.25, 0.3) is 0 Å². The fourth-order valence-corrected chi connectivity index (χ4v) is 6.07. The van der Waals surface area contributed by atoms with Gasteiger partial charge in [-0.05, 0) is 78.8 Å². The summed E-state index contributed by atoms with van der Waals surface area (Å²) in [5.74, 6) is 2.31. The van der Waals surface area contributed by atoms with Crippen molar-refractivity contribution in [3.8, 4) is 17.2 Å². The Bertz CT molecular complexity index is 1270. The van der Waals surface area contributed by atoms with Crippen LogP contribution in [0, 0.1) is 5.41 Å². The molecule has 1 heterocycles. The third-order valence-corrected chi connectivity index (χ3v) is 9.04. The number of ether oxygens (including phenoxy) is 4. The quantitative estimate of drug-likeness (QED) is 0.163. The molecule has 0 aromatic heterocycles. The number of carbonyl (C=O) groups is 2. The molecule has 1 fully saturated rings. The predicted octanol–water partition coefficient (Wildman–Crippen LogP) is 5.32. The molecule has 0 unspecified atom stereocenters. The standard InChI is InChI=1S/C37H48N2O7/c1-28(41)38-23-7-5-6-8-35(42)39-24-21-36(26-40,22-25-39)27-46-37(29-9-15-32(43-2)16-10-29,30-11-17-33(44-3)18-12-30)31-13-19-34(45-4)20-14-31/h9-20,40H,5-8,21-27H2,1-4H3,(H,38,41). The first-order valence-electron chi connectivity index (χ1n) is 16.0. The van der Waals surface area contributed by atoms with E-state index in [0.717, 1.165) is 53.2 Å². The summed E-state index contributed by atoms with van der Waals surface area (Å²) in [5.41, 5.74) is 1.16. The van der Waals surface area contributed by atoms with E-state index in [9.17, 15) is 14.7 Å². The van der Waals surface area contributed by atoms with Crippen LogP contribution < -0.4 is 19.5 Å². The van der Waals surface area contributed by atoms with Gasteiger partial charge in [0.15, 0.2) is 0 Å². The molecule has 248 valence electrons. The van der Waals surface area contributed by atoms with Gasteiger partial charge in [-0.3, -0.25) is 9.59 Å². The van der Waals surface area contributed by atoms with Crippen molar-refractivity contribution in [2.45, 2.75) is 51.0 Å². The summed E-state index contributed by atoms with van der Waals surface area (Å²) >= 11 is 0. The van der Waals surface area contributed by atoms with Crippen molar-refractivity contribution >= 4 is 11.8 Å². The molecule has 3 aromatic rings. The summed E-state index contributed by atoms with van der Waals surface area (Å²) in [6, 6.07) is 23.6. The van der Waals surface area contributed by atoms with Crippen LogP contribution in [0.2, 0.25) is 0 Å². The van der Waals surface area contributed by atoms with Crippen LogP contribution >= 0.6 is 0 Å². The number of hydrogen-bond acceptors (Lipinski definition) is 7. The predicted molar refractivity (Wildman–Crippen MR) is 177 cm³/mol. The molecule has 4 rings (SSSR count). The second-order valence-electron chi connectivity index (χ2n) is 12.0. The average Bonchev–Trinajstić information content (AvgIpc) is 3.10. The number of benzene rings is 3. The van der Waals surface area contributed by atoms with Crippen molar-refractivity contribution in [3.05, 3.63) is 89.5 Å². The molecule has 1 aliphatic heterocycles. The number of methoxy groups -OCH3 is 3. The van der Waals surface area contributed by atoms with E-state index in [1.165, 1.54) is 6.92 Å². The van der Waals surface area contributed by atoms with Gasteiger partial charge < -0.3 is 34.3 Å². The number of nitrogens with zero attached hydrogens (tertiary/aromatic N) is 1. The summed E-state index contributed by atoms with van der Waals surface area (Å²) in [6.07, 6.45) is 4.27. The summed E-state index contributed by atoms with van der Waals surface area (Å²) in [7, 11) is 4.92.